The number of aromatic amines is 1. The van der Waals surface area contributed by atoms with Gasteiger partial charge in [0.15, 0.2) is 5.82 Å². The van der Waals surface area contributed by atoms with E-state index in [2.05, 4.69) is 30.6 Å². The van der Waals surface area contributed by atoms with E-state index in [1.54, 1.807) is 6.92 Å². The van der Waals surface area contributed by atoms with Crippen LogP contribution in [0.25, 0.3) is 33.7 Å². The Morgan fingerprint density at radius 2 is 1.77 bits per heavy atom. The van der Waals surface area contributed by atoms with Gasteiger partial charge in [0, 0.05) is 10.9 Å². The van der Waals surface area contributed by atoms with Crippen molar-refractivity contribution in [1.29, 1.82) is 0 Å². The molecule has 0 radical (unpaired) electrons. The predicted molar refractivity (Wildman–Crippen MR) is 112 cm³/mol. The van der Waals surface area contributed by atoms with Crippen molar-refractivity contribution in [2.75, 3.05) is 5.32 Å². The molecule has 5 aromatic rings. The molecule has 0 aliphatic rings. The first kappa shape index (κ1) is 17.7. The predicted octanol–water partition coefficient (Wildman–Crippen LogP) is 4.24. The van der Waals surface area contributed by atoms with Crippen molar-refractivity contribution in [3.63, 3.8) is 0 Å². The monoisotopic (exact) mass is 396 g/mol. The van der Waals surface area contributed by atoms with Gasteiger partial charge in [-0.3, -0.25) is 15.2 Å². The number of anilines is 1. The van der Waals surface area contributed by atoms with Gasteiger partial charge in [0.1, 0.15) is 22.7 Å². The summed E-state index contributed by atoms with van der Waals surface area (Å²) in [5, 5.41) is 14.7. The Morgan fingerprint density at radius 3 is 2.63 bits per heavy atom. The van der Waals surface area contributed by atoms with E-state index in [1.165, 1.54) is 0 Å². The third-order valence-corrected chi connectivity index (χ3v) is 4.69. The van der Waals surface area contributed by atoms with Gasteiger partial charge in [0.25, 0.3) is 5.91 Å². The molecule has 8 nitrogen and oxygen atoms in total. The van der Waals surface area contributed by atoms with Crippen molar-refractivity contribution in [2.24, 2.45) is 0 Å². The van der Waals surface area contributed by atoms with Crippen LogP contribution in [0.1, 0.15) is 16.1 Å². The molecule has 146 valence electrons. The molecule has 1 amide bonds. The number of pyridine rings is 1. The van der Waals surface area contributed by atoms with Gasteiger partial charge in [0.2, 0.25) is 5.95 Å². The van der Waals surface area contributed by atoms with Crippen molar-refractivity contribution in [3.05, 3.63) is 78.1 Å². The number of hydrogen-bond donors (Lipinski definition) is 2. The standard InChI is InChI=1S/C22H16N6O2/c1-13-18(19(28-30-13)15-8-3-2-4-9-15)21(29)25-22-24-20(26-27-22)17-12-11-14-7-5-6-10-16(14)23-17/h2-12H,1H3,(H2,24,25,26,27,29). The van der Waals surface area contributed by atoms with Crippen molar-refractivity contribution in [1.82, 2.24) is 25.3 Å². The fourth-order valence-electron chi connectivity index (χ4n) is 3.23. The molecule has 2 N–H and O–H groups in total. The number of para-hydroxylation sites is 1. The Kier molecular flexibility index (Phi) is 4.29. The quantitative estimate of drug-likeness (QED) is 0.470. The molecular formula is C22H16N6O2. The third-order valence-electron chi connectivity index (χ3n) is 4.69. The molecule has 0 fully saturated rings. The number of H-pyrrole nitrogens is 1. The number of fused-ring (bicyclic) bond motifs is 1. The molecule has 0 saturated carbocycles. The number of nitrogens with zero attached hydrogens (tertiary/aromatic N) is 4. The van der Waals surface area contributed by atoms with Crippen LogP contribution in [0, 0.1) is 6.92 Å². The van der Waals surface area contributed by atoms with E-state index >= 15 is 0 Å². The summed E-state index contributed by atoms with van der Waals surface area (Å²) in [5.41, 5.74) is 3.09. The lowest BCUT2D eigenvalue weighted by atomic mass is 10.1. The molecule has 0 aliphatic heterocycles. The van der Waals surface area contributed by atoms with Gasteiger partial charge < -0.3 is 4.52 Å². The largest absolute Gasteiger partial charge is 0.360 e. The fraction of sp³-hybridized carbons (Fsp3) is 0.0455. The summed E-state index contributed by atoms with van der Waals surface area (Å²) < 4.78 is 5.25. The molecule has 0 saturated heterocycles. The van der Waals surface area contributed by atoms with Crippen LogP contribution < -0.4 is 5.32 Å². The zero-order chi connectivity index (χ0) is 20.5. The SMILES string of the molecule is Cc1onc(-c2ccccc2)c1C(=O)Nc1n[nH]c(-c2ccc3ccccc3n2)n1. The molecular weight excluding hydrogens is 380 g/mol. The Morgan fingerprint density at radius 1 is 0.967 bits per heavy atom. The summed E-state index contributed by atoms with van der Waals surface area (Å²) in [6, 6.07) is 21.0. The van der Waals surface area contributed by atoms with Crippen LogP contribution in [-0.2, 0) is 0 Å². The molecule has 0 bridgehead atoms. The lowest BCUT2D eigenvalue weighted by Gasteiger charge is -2.02. The maximum absolute atomic E-state index is 12.9. The van der Waals surface area contributed by atoms with Crippen molar-refractivity contribution in [2.45, 2.75) is 6.92 Å². The fourth-order valence-corrected chi connectivity index (χ4v) is 3.23. The lowest BCUT2D eigenvalue weighted by Crippen LogP contribution is -2.14. The second-order valence-electron chi connectivity index (χ2n) is 6.68. The Labute approximate surface area is 171 Å². The molecule has 5 rings (SSSR count). The first-order valence-corrected chi connectivity index (χ1v) is 9.30. The molecule has 2 aromatic carbocycles. The third kappa shape index (κ3) is 3.20. The summed E-state index contributed by atoms with van der Waals surface area (Å²) in [5.74, 6) is 0.619. The number of carbonyl (C=O) groups is 1. The summed E-state index contributed by atoms with van der Waals surface area (Å²) in [4.78, 5) is 21.8. The summed E-state index contributed by atoms with van der Waals surface area (Å²) in [7, 11) is 0. The van der Waals surface area contributed by atoms with E-state index < -0.39 is 5.91 Å². The molecule has 3 heterocycles. The zero-order valence-electron chi connectivity index (χ0n) is 16.0. The molecule has 0 aliphatic carbocycles. The summed E-state index contributed by atoms with van der Waals surface area (Å²) in [6.07, 6.45) is 0. The van der Waals surface area contributed by atoms with Gasteiger partial charge in [-0.2, -0.15) is 4.98 Å². The Hall–Kier alpha value is -4.33. The minimum atomic E-state index is -0.398. The first-order chi connectivity index (χ1) is 14.7. The van der Waals surface area contributed by atoms with Gasteiger partial charge >= 0.3 is 0 Å². The second kappa shape index (κ2) is 7.25. The molecule has 0 spiro atoms. The average Bonchev–Trinajstić information content (AvgIpc) is 3.40. The van der Waals surface area contributed by atoms with Gasteiger partial charge in [-0.15, -0.1) is 5.10 Å². The second-order valence-corrected chi connectivity index (χ2v) is 6.68. The van der Waals surface area contributed by atoms with E-state index in [0.29, 0.717) is 28.5 Å². The Balaban J connectivity index is 1.42. The van der Waals surface area contributed by atoms with Gasteiger partial charge in [-0.05, 0) is 19.1 Å². The van der Waals surface area contributed by atoms with Crippen LogP contribution in [0.2, 0.25) is 0 Å². The molecule has 0 atom stereocenters. The number of aromatic nitrogens is 5. The maximum Gasteiger partial charge on any atom is 0.263 e. The van der Waals surface area contributed by atoms with Crippen molar-refractivity contribution < 1.29 is 9.32 Å². The summed E-state index contributed by atoms with van der Waals surface area (Å²) in [6.45, 7) is 1.69. The first-order valence-electron chi connectivity index (χ1n) is 9.30. The highest BCUT2D eigenvalue weighted by Crippen LogP contribution is 2.26. The number of hydrogen-bond acceptors (Lipinski definition) is 6. The highest BCUT2D eigenvalue weighted by molar-refractivity contribution is 6.08. The molecule has 8 heteroatoms. The average molecular weight is 396 g/mol. The number of rotatable bonds is 4. The van der Waals surface area contributed by atoms with E-state index in [0.717, 1.165) is 16.5 Å². The van der Waals surface area contributed by atoms with Crippen LogP contribution in [0.4, 0.5) is 5.95 Å². The van der Waals surface area contributed by atoms with Gasteiger partial charge in [-0.25, -0.2) is 4.98 Å². The summed E-state index contributed by atoms with van der Waals surface area (Å²) >= 11 is 0. The van der Waals surface area contributed by atoms with Crippen LogP contribution in [0.5, 0.6) is 0 Å². The van der Waals surface area contributed by atoms with Gasteiger partial charge in [-0.1, -0.05) is 59.8 Å². The lowest BCUT2D eigenvalue weighted by molar-refractivity contribution is 0.102. The van der Waals surface area contributed by atoms with Crippen LogP contribution in [0.3, 0.4) is 0 Å². The van der Waals surface area contributed by atoms with Crippen LogP contribution in [0.15, 0.2) is 71.3 Å². The van der Waals surface area contributed by atoms with E-state index in [1.807, 2.05) is 66.7 Å². The minimum Gasteiger partial charge on any atom is -0.360 e. The van der Waals surface area contributed by atoms with Crippen molar-refractivity contribution in [3.8, 4) is 22.8 Å². The smallest absolute Gasteiger partial charge is 0.263 e. The van der Waals surface area contributed by atoms with Gasteiger partial charge in [0.05, 0.1) is 5.52 Å². The normalized spacial score (nSPS) is 11.0. The topological polar surface area (TPSA) is 110 Å². The van der Waals surface area contributed by atoms with Crippen LogP contribution in [-0.4, -0.2) is 31.2 Å². The van der Waals surface area contributed by atoms with Crippen molar-refractivity contribution >= 4 is 22.8 Å². The zero-order valence-corrected chi connectivity index (χ0v) is 16.0. The minimum absolute atomic E-state index is 0.143. The number of benzene rings is 2. The van der Waals surface area contributed by atoms with E-state index in [9.17, 15) is 4.79 Å². The highest BCUT2D eigenvalue weighted by Gasteiger charge is 2.23. The number of nitrogens with one attached hydrogen (secondary N) is 2. The Bertz CT molecular complexity index is 1360. The maximum atomic E-state index is 12.9. The van der Waals surface area contributed by atoms with Crippen LogP contribution >= 0.6 is 0 Å². The number of aryl methyl sites for hydroxylation is 1. The molecule has 3 aromatic heterocycles. The highest BCUT2D eigenvalue weighted by atomic mass is 16.5. The van der Waals surface area contributed by atoms with E-state index in [4.69, 9.17) is 4.52 Å². The van der Waals surface area contributed by atoms with E-state index in [-0.39, 0.29) is 5.95 Å². The number of amides is 1. The molecule has 30 heavy (non-hydrogen) atoms. The molecule has 0 unspecified atom stereocenters. The number of carbonyl (C=O) groups excluding carboxylic acids is 1.